The first kappa shape index (κ1) is 15.2. The second-order valence-electron chi connectivity index (χ2n) is 2.60. The summed E-state index contributed by atoms with van der Waals surface area (Å²) in [5.74, 6) is -0.476. The van der Waals surface area contributed by atoms with E-state index in [9.17, 15) is 4.79 Å². The lowest BCUT2D eigenvalue weighted by atomic mass is 9.80. The second kappa shape index (κ2) is 7.43. The monoisotopic (exact) mass is 288 g/mol. The lowest BCUT2D eigenvalue weighted by molar-refractivity contribution is 0.0599. The summed E-state index contributed by atoms with van der Waals surface area (Å²) in [5.41, 5.74) is 0.654. The Bertz CT molecular complexity index is 355. The molecule has 0 saturated carbocycles. The van der Waals surface area contributed by atoms with Gasteiger partial charge in [0.05, 0.1) is 12.7 Å². The number of esters is 1. The molecule has 0 saturated heterocycles. The van der Waals surface area contributed by atoms with E-state index in [1.807, 2.05) is 13.8 Å². The first-order valence-electron chi connectivity index (χ1n) is 4.80. The Morgan fingerprint density at radius 1 is 1.38 bits per heavy atom. The minimum absolute atomic E-state index is 0.310. The van der Waals surface area contributed by atoms with Gasteiger partial charge in [0.15, 0.2) is 0 Å². The summed E-state index contributed by atoms with van der Waals surface area (Å²) in [6.07, 6.45) is 0. The van der Waals surface area contributed by atoms with E-state index < -0.39 is 13.1 Å². The zero-order valence-electron chi connectivity index (χ0n) is 9.40. The van der Waals surface area contributed by atoms with Gasteiger partial charge in [-0.1, -0.05) is 19.9 Å². The minimum Gasteiger partial charge on any atom is -0.465 e. The van der Waals surface area contributed by atoms with Gasteiger partial charge >= 0.3 is 13.1 Å². The molecule has 1 rings (SSSR count). The van der Waals surface area contributed by atoms with Crippen LogP contribution in [0.15, 0.2) is 22.7 Å². The van der Waals surface area contributed by atoms with Crippen LogP contribution in [0.25, 0.3) is 0 Å². The molecule has 2 N–H and O–H groups in total. The highest BCUT2D eigenvalue weighted by molar-refractivity contribution is 9.10. The highest BCUT2D eigenvalue weighted by Crippen LogP contribution is 2.15. The molecular weight excluding hydrogens is 275 g/mol. The van der Waals surface area contributed by atoms with Gasteiger partial charge in [-0.15, -0.1) is 0 Å². The van der Waals surface area contributed by atoms with Crippen LogP contribution in [0, 0.1) is 0 Å². The van der Waals surface area contributed by atoms with Crippen molar-refractivity contribution in [3.63, 3.8) is 0 Å². The van der Waals surface area contributed by atoms with Crippen molar-refractivity contribution in [3.8, 4) is 0 Å². The number of carbonyl (C=O) groups is 1. The van der Waals surface area contributed by atoms with Crippen LogP contribution in [-0.2, 0) is 4.74 Å². The van der Waals surface area contributed by atoms with Gasteiger partial charge in [0.25, 0.3) is 0 Å². The molecule has 0 aromatic heterocycles. The minimum atomic E-state index is -1.54. The summed E-state index contributed by atoms with van der Waals surface area (Å²) >= 11 is 3.13. The molecule has 0 aliphatic heterocycles. The fraction of sp³-hybridized carbons (Fsp3) is 0.300. The van der Waals surface area contributed by atoms with E-state index in [4.69, 9.17) is 10.0 Å². The number of halogens is 1. The standard InChI is InChI=1S/C8H8BBrO4.C2H6/c1-14-8(11)6-3-2-5(9(12)13)4-7(6)10;1-2/h2-4,12-13H,1H3;1-2H3. The number of benzene rings is 1. The van der Waals surface area contributed by atoms with Crippen LogP contribution in [0.2, 0.25) is 0 Å². The number of ether oxygens (including phenoxy) is 1. The lowest BCUT2D eigenvalue weighted by Gasteiger charge is -2.04. The predicted octanol–water partition coefficient (Wildman–Crippen LogP) is 0.942. The number of hydrogen-bond donors (Lipinski definition) is 2. The molecular formula is C10H14BBrO4. The fourth-order valence-corrected chi connectivity index (χ4v) is 1.53. The zero-order chi connectivity index (χ0) is 12.7. The molecule has 16 heavy (non-hydrogen) atoms. The Morgan fingerprint density at radius 2 is 1.94 bits per heavy atom. The zero-order valence-corrected chi connectivity index (χ0v) is 11.0. The quantitative estimate of drug-likeness (QED) is 0.628. The fourth-order valence-electron chi connectivity index (χ4n) is 0.967. The SMILES string of the molecule is CC.COC(=O)c1ccc(B(O)O)cc1Br. The topological polar surface area (TPSA) is 66.8 Å². The first-order valence-corrected chi connectivity index (χ1v) is 5.59. The summed E-state index contributed by atoms with van der Waals surface area (Å²) < 4.78 is 4.99. The molecule has 6 heteroatoms. The third kappa shape index (κ3) is 3.96. The molecule has 0 fully saturated rings. The Balaban J connectivity index is 0.00000106. The van der Waals surface area contributed by atoms with E-state index >= 15 is 0 Å². The van der Waals surface area contributed by atoms with E-state index in [1.165, 1.54) is 25.3 Å². The van der Waals surface area contributed by atoms with Gasteiger partial charge < -0.3 is 14.8 Å². The van der Waals surface area contributed by atoms with Gasteiger partial charge in [0, 0.05) is 4.47 Å². The highest BCUT2D eigenvalue weighted by atomic mass is 79.9. The Hall–Kier alpha value is -0.845. The molecule has 0 unspecified atom stereocenters. The molecule has 1 aromatic rings. The van der Waals surface area contributed by atoms with Gasteiger partial charge in [-0.2, -0.15) is 0 Å². The van der Waals surface area contributed by atoms with Gasteiger partial charge in [-0.25, -0.2) is 4.79 Å². The van der Waals surface area contributed by atoms with Crippen LogP contribution < -0.4 is 5.46 Å². The van der Waals surface area contributed by atoms with Crippen LogP contribution >= 0.6 is 15.9 Å². The molecule has 0 aliphatic rings. The summed E-state index contributed by atoms with van der Waals surface area (Å²) in [4.78, 5) is 11.1. The molecule has 0 heterocycles. The van der Waals surface area contributed by atoms with Crippen LogP contribution in [-0.4, -0.2) is 30.2 Å². The number of methoxy groups -OCH3 is 1. The molecule has 4 nitrogen and oxygen atoms in total. The Kier molecular flexibility index (Phi) is 7.04. The van der Waals surface area contributed by atoms with Crippen molar-refractivity contribution in [2.24, 2.45) is 0 Å². The van der Waals surface area contributed by atoms with Crippen molar-refractivity contribution < 1.29 is 19.6 Å². The van der Waals surface area contributed by atoms with Crippen molar-refractivity contribution >= 4 is 34.5 Å². The lowest BCUT2D eigenvalue weighted by Crippen LogP contribution is -2.30. The smallest absolute Gasteiger partial charge is 0.465 e. The van der Waals surface area contributed by atoms with Crippen molar-refractivity contribution in [1.82, 2.24) is 0 Å². The van der Waals surface area contributed by atoms with Gasteiger partial charge in [-0.3, -0.25) is 0 Å². The largest absolute Gasteiger partial charge is 0.488 e. The normalized spacial score (nSPS) is 8.88. The molecule has 1 aromatic carbocycles. The van der Waals surface area contributed by atoms with Crippen LogP contribution in [0.3, 0.4) is 0 Å². The van der Waals surface area contributed by atoms with Crippen molar-refractivity contribution in [3.05, 3.63) is 28.2 Å². The Labute approximate surface area is 104 Å². The maximum atomic E-state index is 11.1. The van der Waals surface area contributed by atoms with E-state index in [-0.39, 0.29) is 0 Å². The number of carbonyl (C=O) groups excluding carboxylic acids is 1. The molecule has 0 aliphatic carbocycles. The second-order valence-corrected chi connectivity index (χ2v) is 3.46. The van der Waals surface area contributed by atoms with E-state index in [0.29, 0.717) is 15.5 Å². The molecule has 0 atom stereocenters. The van der Waals surface area contributed by atoms with Crippen LogP contribution in [0.4, 0.5) is 0 Å². The van der Waals surface area contributed by atoms with Crippen molar-refractivity contribution in [2.45, 2.75) is 13.8 Å². The number of rotatable bonds is 2. The summed E-state index contributed by atoms with van der Waals surface area (Å²) in [6, 6.07) is 4.36. The van der Waals surface area contributed by atoms with Gasteiger partial charge in [0.2, 0.25) is 0 Å². The highest BCUT2D eigenvalue weighted by Gasteiger charge is 2.15. The van der Waals surface area contributed by atoms with E-state index in [1.54, 1.807) is 0 Å². The third-order valence-electron chi connectivity index (χ3n) is 1.70. The molecule has 88 valence electrons. The van der Waals surface area contributed by atoms with E-state index in [2.05, 4.69) is 20.7 Å². The average Bonchev–Trinajstić information content (AvgIpc) is 2.30. The third-order valence-corrected chi connectivity index (χ3v) is 2.35. The summed E-state index contributed by atoms with van der Waals surface area (Å²) in [7, 11) is -0.262. The molecule has 0 spiro atoms. The molecule has 0 radical (unpaired) electrons. The summed E-state index contributed by atoms with van der Waals surface area (Å²) in [5, 5.41) is 17.7. The van der Waals surface area contributed by atoms with Crippen LogP contribution in [0.5, 0.6) is 0 Å². The maximum Gasteiger partial charge on any atom is 0.488 e. The molecule has 0 bridgehead atoms. The maximum absolute atomic E-state index is 11.1. The van der Waals surface area contributed by atoms with E-state index in [0.717, 1.165) is 0 Å². The van der Waals surface area contributed by atoms with Crippen LogP contribution in [0.1, 0.15) is 24.2 Å². The van der Waals surface area contributed by atoms with Crippen molar-refractivity contribution in [1.29, 1.82) is 0 Å². The predicted molar refractivity (Wildman–Crippen MR) is 66.7 cm³/mol. The summed E-state index contributed by atoms with van der Waals surface area (Å²) in [6.45, 7) is 4.00. The first-order chi connectivity index (χ1) is 7.56. The Morgan fingerprint density at radius 3 is 2.31 bits per heavy atom. The van der Waals surface area contributed by atoms with Gasteiger partial charge in [-0.05, 0) is 33.5 Å². The van der Waals surface area contributed by atoms with Gasteiger partial charge in [0.1, 0.15) is 0 Å². The average molecular weight is 289 g/mol. The number of hydrogen-bond acceptors (Lipinski definition) is 4. The van der Waals surface area contributed by atoms with Crippen molar-refractivity contribution in [2.75, 3.05) is 7.11 Å². The molecule has 0 amide bonds.